The molecule has 2 aromatic rings. The number of nitrogens with zero attached hydrogens (tertiary/aromatic N) is 4. The standard InChI is InChI=1S/C23H30N4OS/c1-3-17-4-8-21-16(11-26(2)14-22(21)25-17)15-29-23-9-5-18(10-24-23)27-12-19-6-7-20(13-27)28-19/h4-5,8-10,16,19-20H,3,6-7,11-15H2,1-2H3/t16?,19-,20+. The number of hydrogen-bond donors (Lipinski definition) is 0. The van der Waals surface area contributed by atoms with Gasteiger partial charge in [-0.05, 0) is 50.1 Å². The molecule has 0 aromatic carbocycles. The maximum Gasteiger partial charge on any atom is 0.0961 e. The number of rotatable bonds is 5. The Morgan fingerprint density at radius 2 is 1.93 bits per heavy atom. The van der Waals surface area contributed by atoms with Crippen molar-refractivity contribution in [1.29, 1.82) is 0 Å². The van der Waals surface area contributed by atoms with Crippen molar-refractivity contribution in [2.45, 2.75) is 55.9 Å². The van der Waals surface area contributed by atoms with Gasteiger partial charge in [0.05, 0.1) is 34.8 Å². The van der Waals surface area contributed by atoms with E-state index in [2.05, 4.69) is 48.0 Å². The summed E-state index contributed by atoms with van der Waals surface area (Å²) in [5, 5.41) is 1.11. The number of aromatic nitrogens is 2. The van der Waals surface area contributed by atoms with Crippen molar-refractivity contribution in [2.24, 2.45) is 0 Å². The van der Waals surface area contributed by atoms with Crippen molar-refractivity contribution < 1.29 is 4.74 Å². The van der Waals surface area contributed by atoms with Gasteiger partial charge in [-0.15, -0.1) is 11.8 Å². The van der Waals surface area contributed by atoms with E-state index >= 15 is 0 Å². The Hall–Kier alpha value is -1.63. The number of likely N-dealkylation sites (N-methyl/N-ethyl adjacent to an activating group) is 1. The van der Waals surface area contributed by atoms with Crippen LogP contribution in [0.5, 0.6) is 0 Å². The van der Waals surface area contributed by atoms with Crippen LogP contribution in [0.3, 0.4) is 0 Å². The molecule has 0 N–H and O–H groups in total. The van der Waals surface area contributed by atoms with Gasteiger partial charge in [0.1, 0.15) is 0 Å². The molecule has 5 rings (SSSR count). The van der Waals surface area contributed by atoms with Crippen LogP contribution in [0.15, 0.2) is 35.5 Å². The minimum absolute atomic E-state index is 0.410. The van der Waals surface area contributed by atoms with Crippen LogP contribution < -0.4 is 4.90 Å². The Morgan fingerprint density at radius 1 is 1.10 bits per heavy atom. The molecule has 154 valence electrons. The lowest BCUT2D eigenvalue weighted by Gasteiger charge is -2.33. The normalized spacial score (nSPS) is 26.6. The second-order valence-electron chi connectivity index (χ2n) is 8.61. The quantitative estimate of drug-likeness (QED) is 0.700. The summed E-state index contributed by atoms with van der Waals surface area (Å²) < 4.78 is 5.96. The van der Waals surface area contributed by atoms with Crippen molar-refractivity contribution in [3.63, 3.8) is 0 Å². The van der Waals surface area contributed by atoms with Crippen LogP contribution in [0.1, 0.15) is 42.6 Å². The zero-order valence-electron chi connectivity index (χ0n) is 17.4. The van der Waals surface area contributed by atoms with Gasteiger partial charge in [-0.1, -0.05) is 13.0 Å². The van der Waals surface area contributed by atoms with Gasteiger partial charge in [0, 0.05) is 43.5 Å². The van der Waals surface area contributed by atoms with Crippen molar-refractivity contribution in [3.05, 3.63) is 47.4 Å². The fourth-order valence-electron chi connectivity index (χ4n) is 4.85. The fraction of sp³-hybridized carbons (Fsp3) is 0.565. The van der Waals surface area contributed by atoms with Gasteiger partial charge in [0.25, 0.3) is 0 Å². The van der Waals surface area contributed by atoms with E-state index < -0.39 is 0 Å². The summed E-state index contributed by atoms with van der Waals surface area (Å²) in [7, 11) is 2.20. The first-order chi connectivity index (χ1) is 14.2. The number of fused-ring (bicyclic) bond motifs is 3. The van der Waals surface area contributed by atoms with Crippen molar-refractivity contribution in [3.8, 4) is 0 Å². The molecule has 0 radical (unpaired) electrons. The highest BCUT2D eigenvalue weighted by Gasteiger charge is 2.33. The summed E-state index contributed by atoms with van der Waals surface area (Å²) in [6.07, 6.45) is 6.27. The third-order valence-electron chi connectivity index (χ3n) is 6.38. The molecule has 3 aliphatic rings. The molecule has 1 unspecified atom stereocenters. The van der Waals surface area contributed by atoms with Crippen LogP contribution in [0.25, 0.3) is 0 Å². The van der Waals surface area contributed by atoms with Crippen LogP contribution in [0, 0.1) is 0 Å². The number of ether oxygens (including phenoxy) is 1. The second kappa shape index (κ2) is 8.25. The molecule has 29 heavy (non-hydrogen) atoms. The number of aryl methyl sites for hydroxylation is 1. The highest BCUT2D eigenvalue weighted by atomic mass is 32.2. The van der Waals surface area contributed by atoms with E-state index in [9.17, 15) is 0 Å². The lowest BCUT2D eigenvalue weighted by molar-refractivity contribution is 0.0305. The van der Waals surface area contributed by atoms with Gasteiger partial charge in [-0.3, -0.25) is 9.88 Å². The molecule has 0 saturated carbocycles. The molecule has 5 nitrogen and oxygen atoms in total. The van der Waals surface area contributed by atoms with Crippen molar-refractivity contribution in [1.82, 2.24) is 14.9 Å². The average molecular weight is 411 g/mol. The van der Waals surface area contributed by atoms with Crippen LogP contribution >= 0.6 is 11.8 Å². The molecule has 0 amide bonds. The molecule has 0 spiro atoms. The number of thioether (sulfide) groups is 1. The first-order valence-corrected chi connectivity index (χ1v) is 11.8. The SMILES string of the molecule is CCc1ccc2c(n1)CN(C)CC2CSc1ccc(N2C[C@H]3CC[C@@H](C2)O3)cn1. The van der Waals surface area contributed by atoms with Crippen molar-refractivity contribution in [2.75, 3.05) is 37.3 Å². The smallest absolute Gasteiger partial charge is 0.0961 e. The largest absolute Gasteiger partial charge is 0.371 e. The second-order valence-corrected chi connectivity index (χ2v) is 9.65. The molecule has 6 heteroatoms. The van der Waals surface area contributed by atoms with E-state index in [1.165, 1.54) is 35.5 Å². The third kappa shape index (κ3) is 4.16. The number of hydrogen-bond acceptors (Lipinski definition) is 6. The molecule has 0 aliphatic carbocycles. The van der Waals surface area contributed by atoms with E-state index in [4.69, 9.17) is 14.7 Å². The molecule has 2 aromatic heterocycles. The predicted octanol–water partition coefficient (Wildman–Crippen LogP) is 3.73. The topological polar surface area (TPSA) is 41.5 Å². The Balaban J connectivity index is 1.24. The highest BCUT2D eigenvalue weighted by Crippen LogP contribution is 2.33. The first kappa shape index (κ1) is 19.3. The van der Waals surface area contributed by atoms with Crippen LogP contribution in [-0.4, -0.2) is 59.5 Å². The van der Waals surface area contributed by atoms with E-state index in [-0.39, 0.29) is 0 Å². The molecule has 3 aliphatic heterocycles. The van der Waals surface area contributed by atoms with Gasteiger partial charge in [-0.25, -0.2) is 4.98 Å². The van der Waals surface area contributed by atoms with Gasteiger partial charge >= 0.3 is 0 Å². The van der Waals surface area contributed by atoms with Crippen LogP contribution in [0.2, 0.25) is 0 Å². The number of morpholine rings is 1. The van der Waals surface area contributed by atoms with Crippen LogP contribution in [0.4, 0.5) is 5.69 Å². The Kier molecular flexibility index (Phi) is 5.50. The van der Waals surface area contributed by atoms with E-state index in [0.29, 0.717) is 18.1 Å². The predicted molar refractivity (Wildman–Crippen MR) is 118 cm³/mol. The lowest BCUT2D eigenvalue weighted by Crippen LogP contribution is -2.42. The maximum atomic E-state index is 5.96. The third-order valence-corrected chi connectivity index (χ3v) is 7.49. The molecule has 3 atom stereocenters. The zero-order chi connectivity index (χ0) is 19.8. The Bertz CT molecular complexity index is 846. The van der Waals surface area contributed by atoms with Crippen molar-refractivity contribution >= 4 is 17.4 Å². The average Bonchev–Trinajstić information content (AvgIpc) is 3.09. The maximum absolute atomic E-state index is 5.96. The lowest BCUT2D eigenvalue weighted by atomic mass is 9.94. The van der Waals surface area contributed by atoms with Gasteiger partial charge in [0.2, 0.25) is 0 Å². The summed E-state index contributed by atoms with van der Waals surface area (Å²) in [5.74, 6) is 1.54. The molecule has 2 fully saturated rings. The molecule has 5 heterocycles. The van der Waals surface area contributed by atoms with E-state index in [1.807, 2.05) is 18.0 Å². The fourth-order valence-corrected chi connectivity index (χ4v) is 5.79. The van der Waals surface area contributed by atoms with Crippen LogP contribution in [-0.2, 0) is 17.7 Å². The summed E-state index contributed by atoms with van der Waals surface area (Å²) >= 11 is 1.86. The Labute approximate surface area is 177 Å². The molecule has 2 bridgehead atoms. The summed E-state index contributed by atoms with van der Waals surface area (Å²) in [4.78, 5) is 14.5. The summed E-state index contributed by atoms with van der Waals surface area (Å²) in [6, 6.07) is 8.92. The minimum atomic E-state index is 0.410. The van der Waals surface area contributed by atoms with E-state index in [1.54, 1.807) is 0 Å². The van der Waals surface area contributed by atoms with E-state index in [0.717, 1.165) is 43.4 Å². The van der Waals surface area contributed by atoms with Gasteiger partial charge in [0.15, 0.2) is 0 Å². The summed E-state index contributed by atoms with van der Waals surface area (Å²) in [6.45, 7) is 6.22. The number of pyridine rings is 2. The summed E-state index contributed by atoms with van der Waals surface area (Å²) in [5.41, 5.74) is 5.11. The number of anilines is 1. The minimum Gasteiger partial charge on any atom is -0.371 e. The highest BCUT2D eigenvalue weighted by molar-refractivity contribution is 7.99. The zero-order valence-corrected chi connectivity index (χ0v) is 18.2. The van der Waals surface area contributed by atoms with Gasteiger partial charge < -0.3 is 9.64 Å². The molecular formula is C23H30N4OS. The first-order valence-electron chi connectivity index (χ1n) is 10.8. The monoisotopic (exact) mass is 410 g/mol. The van der Waals surface area contributed by atoms with Gasteiger partial charge in [-0.2, -0.15) is 0 Å². The molecular weight excluding hydrogens is 380 g/mol. The molecule has 2 saturated heterocycles. The Morgan fingerprint density at radius 3 is 2.66 bits per heavy atom.